The van der Waals surface area contributed by atoms with Crippen molar-refractivity contribution in [2.24, 2.45) is 0 Å². The number of hydrogen-bond donors (Lipinski definition) is 1. The van der Waals surface area contributed by atoms with Crippen molar-refractivity contribution in [1.82, 2.24) is 9.88 Å². The Morgan fingerprint density at radius 1 is 1.33 bits per heavy atom. The first kappa shape index (κ1) is 20.1. The van der Waals surface area contributed by atoms with Crippen LogP contribution in [-0.4, -0.2) is 40.6 Å². The van der Waals surface area contributed by atoms with Gasteiger partial charge in [-0.05, 0) is 44.0 Å². The number of aromatic nitrogens is 1. The van der Waals surface area contributed by atoms with E-state index in [-0.39, 0.29) is 5.91 Å². The molecule has 27 heavy (non-hydrogen) atoms. The summed E-state index contributed by atoms with van der Waals surface area (Å²) >= 11 is 7.44. The highest BCUT2D eigenvalue weighted by Gasteiger charge is 2.35. The van der Waals surface area contributed by atoms with Gasteiger partial charge in [-0.25, -0.2) is 4.98 Å². The van der Waals surface area contributed by atoms with Crippen LogP contribution in [0.15, 0.2) is 24.3 Å². The van der Waals surface area contributed by atoms with Crippen molar-refractivity contribution < 1.29 is 14.6 Å². The van der Waals surface area contributed by atoms with Crippen molar-refractivity contribution >= 4 is 28.8 Å². The minimum atomic E-state index is -0.949. The molecule has 2 heterocycles. The van der Waals surface area contributed by atoms with Crippen molar-refractivity contribution in [3.05, 3.63) is 44.9 Å². The molecule has 146 valence electrons. The monoisotopic (exact) mass is 408 g/mol. The van der Waals surface area contributed by atoms with Crippen molar-refractivity contribution in [2.75, 3.05) is 19.7 Å². The first-order valence-electron chi connectivity index (χ1n) is 9.20. The van der Waals surface area contributed by atoms with Crippen LogP contribution in [0.3, 0.4) is 0 Å². The minimum Gasteiger partial charge on any atom is -0.493 e. The van der Waals surface area contributed by atoms with Gasteiger partial charge in [0.15, 0.2) is 0 Å². The summed E-state index contributed by atoms with van der Waals surface area (Å²) in [6.07, 6.45) is 2.68. The number of hydrogen-bond acceptors (Lipinski definition) is 5. The van der Waals surface area contributed by atoms with Crippen LogP contribution in [0.25, 0.3) is 0 Å². The standard InChI is InChI=1S/C20H25ClN2O3S/c1-14-18(8-13-26-17-6-4-16(21)5-7-17)27-19(22-14)20(25)9-3-11-23(12-10-20)15(2)24/h4-7,25H,3,8-13H2,1-2H3/t20-/m1/s1. The second-order valence-corrected chi connectivity index (χ2v) is 8.49. The summed E-state index contributed by atoms with van der Waals surface area (Å²) in [5.74, 6) is 0.850. The Morgan fingerprint density at radius 2 is 2.07 bits per heavy atom. The van der Waals surface area contributed by atoms with Crippen LogP contribution in [-0.2, 0) is 16.8 Å². The minimum absolute atomic E-state index is 0.0645. The maximum Gasteiger partial charge on any atom is 0.219 e. The molecule has 1 saturated heterocycles. The lowest BCUT2D eigenvalue weighted by atomic mass is 9.96. The van der Waals surface area contributed by atoms with Gasteiger partial charge in [-0.2, -0.15) is 0 Å². The van der Waals surface area contributed by atoms with Crippen LogP contribution < -0.4 is 4.74 Å². The second-order valence-electron chi connectivity index (χ2n) is 6.97. The van der Waals surface area contributed by atoms with E-state index in [4.69, 9.17) is 16.3 Å². The van der Waals surface area contributed by atoms with E-state index in [0.717, 1.165) is 34.2 Å². The molecule has 1 atom stereocenters. The fraction of sp³-hybridized carbons (Fsp3) is 0.500. The van der Waals surface area contributed by atoms with E-state index in [9.17, 15) is 9.90 Å². The van der Waals surface area contributed by atoms with E-state index < -0.39 is 5.60 Å². The van der Waals surface area contributed by atoms with Gasteiger partial charge in [0.25, 0.3) is 0 Å². The molecule has 1 N–H and O–H groups in total. The summed E-state index contributed by atoms with van der Waals surface area (Å²) in [4.78, 5) is 19.2. The second kappa shape index (κ2) is 8.59. The van der Waals surface area contributed by atoms with Crippen molar-refractivity contribution in [3.63, 3.8) is 0 Å². The summed E-state index contributed by atoms with van der Waals surface area (Å²) in [5, 5.41) is 12.6. The highest BCUT2D eigenvalue weighted by Crippen LogP contribution is 2.36. The number of thiazole rings is 1. The highest BCUT2D eigenvalue weighted by molar-refractivity contribution is 7.11. The maximum absolute atomic E-state index is 11.6. The maximum atomic E-state index is 11.6. The number of aryl methyl sites for hydroxylation is 1. The molecule has 3 rings (SSSR count). The van der Waals surface area contributed by atoms with Crippen LogP contribution in [0.5, 0.6) is 5.75 Å². The van der Waals surface area contributed by atoms with Gasteiger partial charge in [0.05, 0.1) is 12.3 Å². The summed E-state index contributed by atoms with van der Waals surface area (Å²) in [6, 6.07) is 7.31. The summed E-state index contributed by atoms with van der Waals surface area (Å²) in [7, 11) is 0. The van der Waals surface area contributed by atoms with E-state index in [1.807, 2.05) is 19.1 Å². The van der Waals surface area contributed by atoms with Gasteiger partial charge < -0.3 is 14.7 Å². The Hall–Kier alpha value is -1.63. The molecule has 0 aliphatic carbocycles. The van der Waals surface area contributed by atoms with E-state index in [1.54, 1.807) is 35.3 Å². The zero-order chi connectivity index (χ0) is 19.4. The third kappa shape index (κ3) is 5.00. The Morgan fingerprint density at radius 3 is 2.78 bits per heavy atom. The molecule has 1 aromatic carbocycles. The van der Waals surface area contributed by atoms with Crippen LogP contribution in [0, 0.1) is 6.92 Å². The number of ether oxygens (including phenoxy) is 1. The molecule has 0 bridgehead atoms. The first-order chi connectivity index (χ1) is 12.9. The van der Waals surface area contributed by atoms with E-state index in [1.165, 1.54) is 0 Å². The van der Waals surface area contributed by atoms with Gasteiger partial charge in [0.2, 0.25) is 5.91 Å². The molecule has 1 aliphatic heterocycles. The lowest BCUT2D eigenvalue weighted by Gasteiger charge is -2.24. The highest BCUT2D eigenvalue weighted by atomic mass is 35.5. The third-order valence-corrected chi connectivity index (χ3v) is 6.62. The number of carbonyl (C=O) groups is 1. The number of likely N-dealkylation sites (tertiary alicyclic amines) is 1. The fourth-order valence-electron chi connectivity index (χ4n) is 3.30. The predicted octanol–water partition coefficient (Wildman–Crippen LogP) is 3.95. The zero-order valence-electron chi connectivity index (χ0n) is 15.7. The van der Waals surface area contributed by atoms with Gasteiger partial charge in [0, 0.05) is 42.8 Å². The Balaban J connectivity index is 1.63. The van der Waals surface area contributed by atoms with Crippen molar-refractivity contribution in [1.29, 1.82) is 0 Å². The largest absolute Gasteiger partial charge is 0.493 e. The van der Waals surface area contributed by atoms with Crippen LogP contribution in [0.4, 0.5) is 0 Å². The van der Waals surface area contributed by atoms with Crippen LogP contribution >= 0.6 is 22.9 Å². The average molecular weight is 409 g/mol. The fourth-order valence-corrected chi connectivity index (χ4v) is 4.61. The van der Waals surface area contributed by atoms with Crippen molar-refractivity contribution in [3.8, 4) is 5.75 Å². The summed E-state index contributed by atoms with van der Waals surface area (Å²) in [5.41, 5.74) is -0.00893. The molecular weight excluding hydrogens is 384 g/mol. The molecule has 0 unspecified atom stereocenters. The number of amides is 1. The molecule has 0 radical (unpaired) electrons. The molecule has 1 fully saturated rings. The zero-order valence-corrected chi connectivity index (χ0v) is 17.3. The van der Waals surface area contributed by atoms with Gasteiger partial charge >= 0.3 is 0 Å². The molecule has 5 nitrogen and oxygen atoms in total. The lowest BCUT2D eigenvalue weighted by Crippen LogP contribution is -2.32. The quantitative estimate of drug-likeness (QED) is 0.813. The number of halogens is 1. The predicted molar refractivity (Wildman–Crippen MR) is 108 cm³/mol. The third-order valence-electron chi connectivity index (χ3n) is 4.96. The van der Waals surface area contributed by atoms with Crippen molar-refractivity contribution in [2.45, 2.75) is 45.1 Å². The Kier molecular flexibility index (Phi) is 6.40. The summed E-state index contributed by atoms with van der Waals surface area (Å²) < 4.78 is 5.77. The number of nitrogens with zero attached hydrogens (tertiary/aromatic N) is 2. The van der Waals surface area contributed by atoms with E-state index in [0.29, 0.717) is 37.6 Å². The molecule has 0 spiro atoms. The molecule has 1 aliphatic rings. The van der Waals surface area contributed by atoms with Gasteiger partial charge in [-0.1, -0.05) is 11.6 Å². The molecular formula is C20H25ClN2O3S. The number of rotatable bonds is 5. The first-order valence-corrected chi connectivity index (χ1v) is 10.4. The normalized spacial score (nSPS) is 20.4. The smallest absolute Gasteiger partial charge is 0.219 e. The lowest BCUT2D eigenvalue weighted by molar-refractivity contribution is -0.128. The van der Waals surface area contributed by atoms with Gasteiger partial charge in [-0.3, -0.25) is 4.79 Å². The van der Waals surface area contributed by atoms with E-state index >= 15 is 0 Å². The number of aliphatic hydroxyl groups is 1. The molecule has 1 aromatic heterocycles. The molecule has 7 heteroatoms. The average Bonchev–Trinajstić information content (AvgIpc) is 2.88. The molecule has 2 aromatic rings. The van der Waals surface area contributed by atoms with Crippen LogP contribution in [0.1, 0.15) is 41.8 Å². The van der Waals surface area contributed by atoms with E-state index in [2.05, 4.69) is 4.98 Å². The van der Waals surface area contributed by atoms with Gasteiger partial charge in [-0.15, -0.1) is 11.3 Å². The number of benzene rings is 1. The van der Waals surface area contributed by atoms with Gasteiger partial charge in [0.1, 0.15) is 16.4 Å². The molecule has 0 saturated carbocycles. The molecule has 1 amide bonds. The van der Waals surface area contributed by atoms with Crippen LogP contribution in [0.2, 0.25) is 5.02 Å². The Labute approximate surface area is 168 Å². The Bertz CT molecular complexity index is 793. The number of carbonyl (C=O) groups excluding carboxylic acids is 1. The summed E-state index contributed by atoms with van der Waals surface area (Å²) in [6.45, 7) is 5.36. The SMILES string of the molecule is CC(=O)N1CCC[C@](O)(c2nc(C)c(CCOc3ccc(Cl)cc3)s2)CC1. The topological polar surface area (TPSA) is 62.7 Å².